The van der Waals surface area contributed by atoms with Crippen LogP contribution in [0.15, 0.2) is 94.9 Å². The van der Waals surface area contributed by atoms with E-state index in [1.165, 1.54) is 11.1 Å². The highest BCUT2D eigenvalue weighted by molar-refractivity contribution is 7.99. The zero-order valence-corrected chi connectivity index (χ0v) is 17.4. The highest BCUT2D eigenvalue weighted by Crippen LogP contribution is 2.40. The monoisotopic (exact) mass is 411 g/mol. The molecule has 3 aromatic carbocycles. The topological polar surface area (TPSA) is 50.7 Å². The second-order valence-corrected chi connectivity index (χ2v) is 8.23. The van der Waals surface area contributed by atoms with Crippen LogP contribution in [0, 0.1) is 0 Å². The van der Waals surface area contributed by atoms with Gasteiger partial charge in [-0.1, -0.05) is 90.6 Å². The molecule has 1 N–H and O–H groups in total. The van der Waals surface area contributed by atoms with Crippen LogP contribution < -0.4 is 5.56 Å². The summed E-state index contributed by atoms with van der Waals surface area (Å²) < 4.78 is 1.77. The Hall–Kier alpha value is -3.31. The van der Waals surface area contributed by atoms with Gasteiger partial charge in [-0.25, -0.2) is 4.98 Å². The van der Waals surface area contributed by atoms with Gasteiger partial charge in [0.15, 0.2) is 5.16 Å². The molecule has 0 saturated carbocycles. The largest absolute Gasteiger partial charge is 0.349 e. The second-order valence-electron chi connectivity index (χ2n) is 7.16. The fourth-order valence-corrected chi connectivity index (χ4v) is 5.11. The summed E-state index contributed by atoms with van der Waals surface area (Å²) in [6.07, 6.45) is 0. The minimum Gasteiger partial charge on any atom is -0.349 e. The third-order valence-corrected chi connectivity index (χ3v) is 6.62. The van der Waals surface area contributed by atoms with Crippen molar-refractivity contribution in [2.24, 2.45) is 0 Å². The van der Waals surface area contributed by atoms with E-state index in [0.29, 0.717) is 12.1 Å². The van der Waals surface area contributed by atoms with Crippen LogP contribution in [-0.4, -0.2) is 14.5 Å². The lowest BCUT2D eigenvalue weighted by Gasteiger charge is -2.19. The molecule has 4 nitrogen and oxygen atoms in total. The molecule has 0 radical (unpaired) electrons. The van der Waals surface area contributed by atoms with Gasteiger partial charge in [-0.2, -0.15) is 0 Å². The number of hydrogen-bond acceptors (Lipinski definition) is 3. The number of aromatic nitrogens is 3. The average Bonchev–Trinajstić information content (AvgIpc) is 3.18. The fourth-order valence-electron chi connectivity index (χ4n) is 3.83. The van der Waals surface area contributed by atoms with Gasteiger partial charge in [-0.3, -0.25) is 9.36 Å². The first-order valence-corrected chi connectivity index (χ1v) is 10.9. The van der Waals surface area contributed by atoms with Gasteiger partial charge in [0.2, 0.25) is 0 Å². The number of nitrogens with zero attached hydrogens (tertiary/aromatic N) is 2. The molecule has 0 spiro atoms. The molecule has 5 heteroatoms. The molecule has 0 aliphatic carbocycles. The van der Waals surface area contributed by atoms with Crippen LogP contribution >= 0.6 is 11.8 Å². The molecule has 0 aliphatic heterocycles. The van der Waals surface area contributed by atoms with Gasteiger partial charge in [0.05, 0.1) is 5.25 Å². The fraction of sp³-hybridized carbons (Fsp3) is 0.120. The summed E-state index contributed by atoms with van der Waals surface area (Å²) in [7, 11) is 0. The number of rotatable bonds is 5. The number of fused-ring (bicyclic) bond motifs is 3. The number of nitrogens with one attached hydrogen (secondary N) is 1. The summed E-state index contributed by atoms with van der Waals surface area (Å²) in [5.41, 5.74) is 4.58. The van der Waals surface area contributed by atoms with Crippen LogP contribution in [0.25, 0.3) is 21.9 Å². The van der Waals surface area contributed by atoms with Crippen molar-refractivity contribution in [2.75, 3.05) is 0 Å². The van der Waals surface area contributed by atoms with Gasteiger partial charge in [-0.05, 0) is 24.1 Å². The van der Waals surface area contributed by atoms with E-state index in [1.807, 2.05) is 43.3 Å². The molecular formula is C25H21N3OS. The quantitative estimate of drug-likeness (QED) is 0.295. The van der Waals surface area contributed by atoms with Crippen molar-refractivity contribution in [1.82, 2.24) is 14.5 Å². The van der Waals surface area contributed by atoms with Gasteiger partial charge < -0.3 is 4.98 Å². The van der Waals surface area contributed by atoms with Gasteiger partial charge in [0.1, 0.15) is 11.0 Å². The van der Waals surface area contributed by atoms with Crippen LogP contribution in [0.2, 0.25) is 0 Å². The molecule has 2 aromatic heterocycles. The Balaban J connectivity index is 1.71. The lowest BCUT2D eigenvalue weighted by atomic mass is 10.0. The van der Waals surface area contributed by atoms with E-state index in [1.54, 1.807) is 16.3 Å². The molecule has 2 heterocycles. The van der Waals surface area contributed by atoms with Crippen molar-refractivity contribution in [3.8, 4) is 0 Å². The first kappa shape index (κ1) is 18.7. The third-order valence-electron chi connectivity index (χ3n) is 5.32. The van der Waals surface area contributed by atoms with Crippen molar-refractivity contribution in [1.29, 1.82) is 0 Å². The summed E-state index contributed by atoms with van der Waals surface area (Å²) in [4.78, 5) is 21.5. The van der Waals surface area contributed by atoms with E-state index >= 15 is 0 Å². The predicted molar refractivity (Wildman–Crippen MR) is 124 cm³/mol. The Morgan fingerprint density at radius 1 is 0.900 bits per heavy atom. The Labute approximate surface area is 178 Å². The van der Waals surface area contributed by atoms with Crippen LogP contribution in [-0.2, 0) is 6.54 Å². The summed E-state index contributed by atoms with van der Waals surface area (Å²) in [6.45, 7) is 2.55. The minimum absolute atomic E-state index is 0.0268. The maximum Gasteiger partial charge on any atom is 0.278 e. The Bertz CT molecular complexity index is 1330. The molecule has 5 rings (SSSR count). The smallest absolute Gasteiger partial charge is 0.278 e. The van der Waals surface area contributed by atoms with Crippen molar-refractivity contribution in [3.05, 3.63) is 106 Å². The maximum atomic E-state index is 13.3. The van der Waals surface area contributed by atoms with Gasteiger partial charge in [0, 0.05) is 17.4 Å². The summed E-state index contributed by atoms with van der Waals surface area (Å²) >= 11 is 1.63. The Morgan fingerprint density at radius 3 is 2.13 bits per heavy atom. The highest BCUT2D eigenvalue weighted by Gasteiger charge is 2.21. The standard InChI is InChI=1S/C25H21N3OS/c1-2-28-24(29)22-21(19-15-9-10-16-20(19)26-22)27-25(28)30-23(17-11-5-3-6-12-17)18-13-7-4-8-14-18/h3-16,23,26H,2H2,1H3. The predicted octanol–water partition coefficient (Wildman–Crippen LogP) is 5.78. The minimum atomic E-state index is -0.0268. The van der Waals surface area contributed by atoms with Gasteiger partial charge in [0.25, 0.3) is 5.56 Å². The molecule has 0 fully saturated rings. The Kier molecular flexibility index (Phi) is 4.89. The van der Waals surface area contributed by atoms with Crippen molar-refractivity contribution in [2.45, 2.75) is 23.9 Å². The number of H-pyrrole nitrogens is 1. The Morgan fingerprint density at radius 2 is 1.50 bits per heavy atom. The number of hydrogen-bond donors (Lipinski definition) is 1. The number of benzene rings is 3. The third kappa shape index (κ3) is 3.21. The average molecular weight is 412 g/mol. The van der Waals surface area contributed by atoms with Crippen molar-refractivity contribution >= 4 is 33.7 Å². The van der Waals surface area contributed by atoms with Crippen molar-refractivity contribution < 1.29 is 0 Å². The number of para-hydroxylation sites is 1. The van der Waals surface area contributed by atoms with Gasteiger partial charge >= 0.3 is 0 Å². The van der Waals surface area contributed by atoms with Crippen LogP contribution in [0.5, 0.6) is 0 Å². The lowest BCUT2D eigenvalue weighted by molar-refractivity contribution is 0.633. The molecule has 0 aliphatic rings. The van der Waals surface area contributed by atoms with E-state index in [0.717, 1.165) is 21.6 Å². The summed E-state index contributed by atoms with van der Waals surface area (Å²) in [5, 5.41) is 1.75. The van der Waals surface area contributed by atoms with E-state index in [-0.39, 0.29) is 10.8 Å². The molecule has 30 heavy (non-hydrogen) atoms. The van der Waals surface area contributed by atoms with Gasteiger partial charge in [-0.15, -0.1) is 0 Å². The van der Waals surface area contributed by atoms with E-state index in [4.69, 9.17) is 4.98 Å². The zero-order chi connectivity index (χ0) is 20.5. The maximum absolute atomic E-state index is 13.3. The van der Waals surface area contributed by atoms with Crippen LogP contribution in [0.4, 0.5) is 0 Å². The van der Waals surface area contributed by atoms with E-state index in [2.05, 4.69) is 53.5 Å². The number of thioether (sulfide) groups is 1. The molecule has 0 amide bonds. The lowest BCUT2D eigenvalue weighted by Crippen LogP contribution is -2.22. The number of aromatic amines is 1. The molecule has 0 atom stereocenters. The zero-order valence-electron chi connectivity index (χ0n) is 16.6. The van der Waals surface area contributed by atoms with E-state index in [9.17, 15) is 4.79 Å². The molecular weight excluding hydrogens is 390 g/mol. The molecule has 0 unspecified atom stereocenters. The molecule has 0 bridgehead atoms. The first-order chi connectivity index (χ1) is 14.8. The summed E-state index contributed by atoms with van der Waals surface area (Å²) in [5.74, 6) is 0. The second kappa shape index (κ2) is 7.84. The van der Waals surface area contributed by atoms with E-state index < -0.39 is 0 Å². The van der Waals surface area contributed by atoms with Crippen molar-refractivity contribution in [3.63, 3.8) is 0 Å². The van der Waals surface area contributed by atoms with Crippen LogP contribution in [0.1, 0.15) is 23.3 Å². The van der Waals surface area contributed by atoms with Crippen LogP contribution in [0.3, 0.4) is 0 Å². The molecule has 148 valence electrons. The first-order valence-electron chi connectivity index (χ1n) is 10.0. The molecule has 5 aromatic rings. The summed E-state index contributed by atoms with van der Waals surface area (Å²) in [6, 6.07) is 28.7. The SMILES string of the molecule is CCn1c(SC(c2ccccc2)c2ccccc2)nc2c([nH]c3ccccc32)c1=O. The molecule has 0 saturated heterocycles. The highest BCUT2D eigenvalue weighted by atomic mass is 32.2. The normalized spacial score (nSPS) is 11.5.